The summed E-state index contributed by atoms with van der Waals surface area (Å²) in [5.74, 6) is -0.894. The van der Waals surface area contributed by atoms with Gasteiger partial charge in [0.2, 0.25) is 11.8 Å². The number of likely N-dealkylation sites (tertiary alicyclic amines) is 1. The average Bonchev–Trinajstić information content (AvgIpc) is 2.48. The molecule has 0 radical (unpaired) electrons. The third kappa shape index (κ3) is 2.03. The first-order chi connectivity index (χ1) is 7.56. The molecule has 2 N–H and O–H groups in total. The molecule has 1 heterocycles. The van der Waals surface area contributed by atoms with Crippen molar-refractivity contribution in [1.82, 2.24) is 4.90 Å². The molecule has 0 aliphatic carbocycles. The summed E-state index contributed by atoms with van der Waals surface area (Å²) in [6.07, 6.45) is 0.479. The van der Waals surface area contributed by atoms with Crippen molar-refractivity contribution in [2.45, 2.75) is 19.4 Å². The van der Waals surface area contributed by atoms with E-state index in [-0.39, 0.29) is 36.9 Å². The number of rotatable bonds is 2. The van der Waals surface area contributed by atoms with Gasteiger partial charge >= 0.3 is 0 Å². The van der Waals surface area contributed by atoms with Gasteiger partial charge in [0.05, 0.1) is 6.54 Å². The van der Waals surface area contributed by atoms with Crippen molar-refractivity contribution in [1.29, 1.82) is 0 Å². The minimum atomic E-state index is -0.464. The normalized spacial score (nSPS) is 15.9. The van der Waals surface area contributed by atoms with Crippen molar-refractivity contribution in [3.63, 3.8) is 0 Å². The highest BCUT2D eigenvalue weighted by Crippen LogP contribution is 2.18. The molecule has 1 aliphatic heterocycles. The zero-order chi connectivity index (χ0) is 11.7. The Balaban J connectivity index is 2.20. The lowest BCUT2D eigenvalue weighted by molar-refractivity contribution is -0.139. The largest absolute Gasteiger partial charge is 0.399 e. The van der Waals surface area contributed by atoms with Crippen molar-refractivity contribution < 1.29 is 14.0 Å². The van der Waals surface area contributed by atoms with E-state index in [9.17, 15) is 14.0 Å². The fourth-order valence-corrected chi connectivity index (χ4v) is 1.75. The van der Waals surface area contributed by atoms with Crippen molar-refractivity contribution in [3.8, 4) is 0 Å². The van der Waals surface area contributed by atoms with E-state index in [0.29, 0.717) is 5.56 Å². The van der Waals surface area contributed by atoms with Gasteiger partial charge in [-0.1, -0.05) is 0 Å². The maximum absolute atomic E-state index is 13.0. The van der Waals surface area contributed by atoms with Gasteiger partial charge in [0.15, 0.2) is 0 Å². The monoisotopic (exact) mass is 222 g/mol. The second-order valence-electron chi connectivity index (χ2n) is 3.77. The fraction of sp³-hybridized carbons (Fsp3) is 0.273. The number of amides is 2. The van der Waals surface area contributed by atoms with E-state index in [1.165, 1.54) is 12.1 Å². The van der Waals surface area contributed by atoms with Crippen LogP contribution in [-0.4, -0.2) is 16.7 Å². The predicted octanol–water partition coefficient (Wildman–Crippen LogP) is 1.06. The molecule has 0 unspecified atom stereocenters. The zero-order valence-electron chi connectivity index (χ0n) is 8.57. The third-order valence-electron chi connectivity index (χ3n) is 2.48. The Hall–Kier alpha value is -1.91. The van der Waals surface area contributed by atoms with E-state index in [0.717, 1.165) is 4.90 Å². The molecule has 0 atom stereocenters. The van der Waals surface area contributed by atoms with Crippen LogP contribution in [0.1, 0.15) is 18.4 Å². The van der Waals surface area contributed by atoms with Crippen LogP contribution in [0.4, 0.5) is 10.1 Å². The van der Waals surface area contributed by atoms with E-state index in [1.807, 2.05) is 0 Å². The SMILES string of the molecule is Nc1cc(F)cc(CN2C(=O)CCC2=O)c1. The van der Waals surface area contributed by atoms with Gasteiger partial charge in [-0.2, -0.15) is 0 Å². The Morgan fingerprint density at radius 2 is 1.81 bits per heavy atom. The molecule has 0 spiro atoms. The van der Waals surface area contributed by atoms with Crippen molar-refractivity contribution in [3.05, 3.63) is 29.6 Å². The number of imide groups is 1. The summed E-state index contributed by atoms with van der Waals surface area (Å²) >= 11 is 0. The minimum absolute atomic E-state index is 0.0969. The third-order valence-corrected chi connectivity index (χ3v) is 2.48. The molecule has 1 saturated heterocycles. The van der Waals surface area contributed by atoms with Crippen molar-refractivity contribution in [2.75, 3.05) is 5.73 Å². The number of benzene rings is 1. The Morgan fingerprint density at radius 1 is 1.19 bits per heavy atom. The first kappa shape index (κ1) is 10.6. The lowest BCUT2D eigenvalue weighted by Crippen LogP contribution is -2.28. The maximum atomic E-state index is 13.0. The van der Waals surface area contributed by atoms with Gasteiger partial charge in [0.1, 0.15) is 5.82 Å². The number of hydrogen-bond acceptors (Lipinski definition) is 3. The van der Waals surface area contributed by atoms with Gasteiger partial charge in [-0.25, -0.2) is 4.39 Å². The molecule has 0 aromatic heterocycles. The van der Waals surface area contributed by atoms with Crippen LogP contribution >= 0.6 is 0 Å². The molecule has 1 aromatic rings. The Labute approximate surface area is 91.8 Å². The number of anilines is 1. The molecule has 0 saturated carbocycles. The molecule has 1 aromatic carbocycles. The molecular weight excluding hydrogens is 211 g/mol. The summed E-state index contributed by atoms with van der Waals surface area (Å²) in [5.41, 5.74) is 6.29. The van der Waals surface area contributed by atoms with Gasteiger partial charge < -0.3 is 5.73 Å². The highest BCUT2D eigenvalue weighted by atomic mass is 19.1. The van der Waals surface area contributed by atoms with E-state index < -0.39 is 5.82 Å². The van der Waals surface area contributed by atoms with Crippen molar-refractivity contribution in [2.24, 2.45) is 0 Å². The number of halogens is 1. The van der Waals surface area contributed by atoms with Crippen LogP contribution in [0.3, 0.4) is 0 Å². The quantitative estimate of drug-likeness (QED) is 0.601. The Kier molecular flexibility index (Phi) is 2.60. The van der Waals surface area contributed by atoms with Crippen LogP contribution in [-0.2, 0) is 16.1 Å². The molecule has 2 rings (SSSR count). The average molecular weight is 222 g/mol. The number of carbonyl (C=O) groups is 2. The second kappa shape index (κ2) is 3.92. The summed E-state index contributed by atoms with van der Waals surface area (Å²) in [6.45, 7) is 0.0969. The van der Waals surface area contributed by atoms with Crippen LogP contribution in [0.25, 0.3) is 0 Å². The molecule has 4 nitrogen and oxygen atoms in total. The first-order valence-corrected chi connectivity index (χ1v) is 4.94. The summed E-state index contributed by atoms with van der Waals surface area (Å²) < 4.78 is 13.0. The van der Waals surface area contributed by atoms with Gasteiger partial charge in [0.25, 0.3) is 0 Å². The zero-order valence-corrected chi connectivity index (χ0v) is 8.57. The van der Waals surface area contributed by atoms with Gasteiger partial charge in [-0.3, -0.25) is 14.5 Å². The van der Waals surface area contributed by atoms with E-state index >= 15 is 0 Å². The number of nitrogens with zero attached hydrogens (tertiary/aromatic N) is 1. The van der Waals surface area contributed by atoms with E-state index in [2.05, 4.69) is 0 Å². The fourth-order valence-electron chi connectivity index (χ4n) is 1.75. The summed E-state index contributed by atoms with van der Waals surface area (Å²) in [7, 11) is 0. The molecule has 2 amide bonds. The smallest absolute Gasteiger partial charge is 0.229 e. The number of hydrogen-bond donors (Lipinski definition) is 1. The number of nitrogens with two attached hydrogens (primary N) is 1. The molecule has 5 heteroatoms. The Morgan fingerprint density at radius 3 is 2.38 bits per heavy atom. The predicted molar refractivity (Wildman–Crippen MR) is 55.6 cm³/mol. The van der Waals surface area contributed by atoms with Crippen LogP contribution in [0.2, 0.25) is 0 Å². The molecule has 84 valence electrons. The topological polar surface area (TPSA) is 63.4 Å². The van der Waals surface area contributed by atoms with Crippen LogP contribution in [0.5, 0.6) is 0 Å². The van der Waals surface area contributed by atoms with E-state index in [4.69, 9.17) is 5.73 Å². The number of nitrogen functional groups attached to an aromatic ring is 1. The van der Waals surface area contributed by atoms with Crippen molar-refractivity contribution >= 4 is 17.5 Å². The minimum Gasteiger partial charge on any atom is -0.399 e. The standard InChI is InChI=1S/C11H11FN2O2/c12-8-3-7(4-9(13)5-8)6-14-10(15)1-2-11(14)16/h3-5H,1-2,6,13H2. The number of carbonyl (C=O) groups excluding carboxylic acids is 2. The molecular formula is C11H11FN2O2. The Bertz CT molecular complexity index is 423. The van der Waals surface area contributed by atoms with Gasteiger partial charge in [-0.05, 0) is 23.8 Å². The van der Waals surface area contributed by atoms with Gasteiger partial charge in [-0.15, -0.1) is 0 Å². The molecule has 1 fully saturated rings. The van der Waals surface area contributed by atoms with E-state index in [1.54, 1.807) is 6.07 Å². The maximum Gasteiger partial charge on any atom is 0.229 e. The van der Waals surface area contributed by atoms with Crippen LogP contribution < -0.4 is 5.73 Å². The van der Waals surface area contributed by atoms with Crippen LogP contribution in [0, 0.1) is 5.82 Å². The van der Waals surface area contributed by atoms with Gasteiger partial charge in [0, 0.05) is 18.5 Å². The molecule has 1 aliphatic rings. The first-order valence-electron chi connectivity index (χ1n) is 4.94. The second-order valence-corrected chi connectivity index (χ2v) is 3.77. The summed E-state index contributed by atoms with van der Waals surface area (Å²) in [4.78, 5) is 23.8. The molecule has 0 bridgehead atoms. The van der Waals surface area contributed by atoms with Crippen LogP contribution in [0.15, 0.2) is 18.2 Å². The highest BCUT2D eigenvalue weighted by molar-refractivity contribution is 6.01. The lowest BCUT2D eigenvalue weighted by atomic mass is 10.2. The lowest BCUT2D eigenvalue weighted by Gasteiger charge is -2.13. The highest BCUT2D eigenvalue weighted by Gasteiger charge is 2.28. The molecule has 16 heavy (non-hydrogen) atoms. The summed E-state index contributed by atoms with van der Waals surface area (Å²) in [6, 6.07) is 4.02. The summed E-state index contributed by atoms with van der Waals surface area (Å²) in [5, 5.41) is 0.